The first-order valence-electron chi connectivity index (χ1n) is 6.42. The molecule has 1 N–H and O–H groups in total. The van der Waals surface area contributed by atoms with Gasteiger partial charge in [-0.3, -0.25) is 0 Å². The van der Waals surface area contributed by atoms with Gasteiger partial charge >= 0.3 is 0 Å². The molecule has 20 heavy (non-hydrogen) atoms. The molecular formula is C13H18FNO4S. The molecule has 0 amide bonds. The second-order valence-electron chi connectivity index (χ2n) is 4.74. The van der Waals surface area contributed by atoms with Gasteiger partial charge in [0.1, 0.15) is 10.7 Å². The van der Waals surface area contributed by atoms with Gasteiger partial charge in [0.15, 0.2) is 11.5 Å². The summed E-state index contributed by atoms with van der Waals surface area (Å²) in [6.07, 6.45) is 3.55. The van der Waals surface area contributed by atoms with Crippen LogP contribution in [0.3, 0.4) is 0 Å². The lowest BCUT2D eigenvalue weighted by molar-refractivity contribution is 0.350. The van der Waals surface area contributed by atoms with Crippen LogP contribution in [0, 0.1) is 5.82 Å². The Hall–Kier alpha value is -1.34. The fraction of sp³-hybridized carbons (Fsp3) is 0.538. The van der Waals surface area contributed by atoms with E-state index in [1.807, 2.05) is 0 Å². The molecule has 1 aliphatic carbocycles. The Bertz CT molecular complexity index is 582. The van der Waals surface area contributed by atoms with E-state index in [1.165, 1.54) is 14.2 Å². The smallest absolute Gasteiger partial charge is 0.243 e. The molecule has 0 aromatic heterocycles. The van der Waals surface area contributed by atoms with E-state index < -0.39 is 20.7 Å². The third kappa shape index (κ3) is 3.04. The van der Waals surface area contributed by atoms with Gasteiger partial charge in [0.05, 0.1) is 14.2 Å². The molecule has 0 spiro atoms. The number of sulfonamides is 1. The third-order valence-electron chi connectivity index (χ3n) is 3.40. The molecule has 1 aliphatic rings. The summed E-state index contributed by atoms with van der Waals surface area (Å²) in [7, 11) is -1.16. The van der Waals surface area contributed by atoms with Crippen molar-refractivity contribution >= 4 is 10.0 Å². The van der Waals surface area contributed by atoms with E-state index in [-0.39, 0.29) is 17.5 Å². The minimum absolute atomic E-state index is 0.118. The van der Waals surface area contributed by atoms with E-state index in [0.29, 0.717) is 0 Å². The van der Waals surface area contributed by atoms with E-state index in [2.05, 4.69) is 4.72 Å². The minimum atomic E-state index is -3.89. The Morgan fingerprint density at radius 2 is 1.70 bits per heavy atom. The molecule has 1 saturated carbocycles. The molecule has 0 heterocycles. The Kier molecular flexibility index (Phi) is 4.49. The predicted molar refractivity (Wildman–Crippen MR) is 72.1 cm³/mol. The van der Waals surface area contributed by atoms with Crippen LogP contribution in [0.5, 0.6) is 11.5 Å². The van der Waals surface area contributed by atoms with E-state index in [0.717, 1.165) is 37.8 Å². The highest BCUT2D eigenvalue weighted by Crippen LogP contribution is 2.32. The van der Waals surface area contributed by atoms with Gasteiger partial charge in [-0.1, -0.05) is 12.8 Å². The second-order valence-corrected chi connectivity index (χ2v) is 6.42. The third-order valence-corrected chi connectivity index (χ3v) is 4.94. The summed E-state index contributed by atoms with van der Waals surface area (Å²) in [5.41, 5.74) is 0. The largest absolute Gasteiger partial charge is 0.493 e. The molecule has 1 aromatic carbocycles. The summed E-state index contributed by atoms with van der Waals surface area (Å²) >= 11 is 0. The van der Waals surface area contributed by atoms with Crippen molar-refractivity contribution < 1.29 is 22.3 Å². The molecule has 0 radical (unpaired) electrons. The zero-order valence-electron chi connectivity index (χ0n) is 11.5. The zero-order valence-corrected chi connectivity index (χ0v) is 12.3. The first kappa shape index (κ1) is 15.1. The van der Waals surface area contributed by atoms with E-state index in [1.54, 1.807) is 0 Å². The zero-order chi connectivity index (χ0) is 14.8. The SMILES string of the molecule is COc1cc(F)c(S(=O)(=O)NC2CCCC2)cc1OC. The Morgan fingerprint density at radius 1 is 1.15 bits per heavy atom. The van der Waals surface area contributed by atoms with Crippen molar-refractivity contribution in [1.29, 1.82) is 0 Å². The normalized spacial score (nSPS) is 16.4. The van der Waals surface area contributed by atoms with Crippen molar-refractivity contribution in [2.45, 2.75) is 36.6 Å². The summed E-state index contributed by atoms with van der Waals surface area (Å²) in [6.45, 7) is 0. The Labute approximate surface area is 118 Å². The second kappa shape index (κ2) is 5.97. The van der Waals surface area contributed by atoms with Crippen LogP contribution in [0.1, 0.15) is 25.7 Å². The van der Waals surface area contributed by atoms with Crippen molar-refractivity contribution in [3.05, 3.63) is 17.9 Å². The van der Waals surface area contributed by atoms with Crippen LogP contribution in [-0.2, 0) is 10.0 Å². The van der Waals surface area contributed by atoms with E-state index in [4.69, 9.17) is 9.47 Å². The molecule has 5 nitrogen and oxygen atoms in total. The lowest BCUT2D eigenvalue weighted by Gasteiger charge is -2.15. The monoisotopic (exact) mass is 303 g/mol. The standard InChI is InChI=1S/C13H18FNO4S/c1-18-11-7-10(14)13(8-12(11)19-2)20(16,17)15-9-5-3-4-6-9/h7-9,15H,3-6H2,1-2H3. The van der Waals surface area contributed by atoms with Gasteiger partial charge in [-0.25, -0.2) is 17.5 Å². The maximum atomic E-state index is 14.0. The fourth-order valence-corrected chi connectivity index (χ4v) is 3.75. The fourth-order valence-electron chi connectivity index (χ4n) is 2.37. The highest BCUT2D eigenvalue weighted by molar-refractivity contribution is 7.89. The first-order chi connectivity index (χ1) is 9.47. The quantitative estimate of drug-likeness (QED) is 0.904. The number of hydrogen-bond donors (Lipinski definition) is 1. The van der Waals surface area contributed by atoms with Crippen LogP contribution in [0.15, 0.2) is 17.0 Å². The van der Waals surface area contributed by atoms with E-state index >= 15 is 0 Å². The van der Waals surface area contributed by atoms with Crippen molar-refractivity contribution in [2.75, 3.05) is 14.2 Å². The van der Waals surface area contributed by atoms with Crippen LogP contribution in [0.25, 0.3) is 0 Å². The number of ether oxygens (including phenoxy) is 2. The Balaban J connectivity index is 2.35. The lowest BCUT2D eigenvalue weighted by Crippen LogP contribution is -2.33. The molecule has 7 heteroatoms. The van der Waals surface area contributed by atoms with Gasteiger partial charge in [-0.2, -0.15) is 0 Å². The molecule has 112 valence electrons. The maximum Gasteiger partial charge on any atom is 0.243 e. The van der Waals surface area contributed by atoms with Gasteiger partial charge in [-0.15, -0.1) is 0 Å². The highest BCUT2D eigenvalue weighted by atomic mass is 32.2. The predicted octanol–water partition coefficient (Wildman–Crippen LogP) is 2.06. The number of benzene rings is 1. The van der Waals surface area contributed by atoms with Gasteiger partial charge in [0, 0.05) is 18.2 Å². The highest BCUT2D eigenvalue weighted by Gasteiger charge is 2.27. The summed E-state index contributed by atoms with van der Waals surface area (Å²) in [5.74, 6) is -0.515. The van der Waals surface area contributed by atoms with Gasteiger partial charge < -0.3 is 9.47 Å². The average molecular weight is 303 g/mol. The van der Waals surface area contributed by atoms with Gasteiger partial charge in [-0.05, 0) is 12.8 Å². The van der Waals surface area contributed by atoms with Crippen LogP contribution in [0.2, 0.25) is 0 Å². The molecule has 2 rings (SSSR count). The molecule has 0 bridgehead atoms. The maximum absolute atomic E-state index is 14.0. The van der Waals surface area contributed by atoms with Crippen molar-refractivity contribution in [1.82, 2.24) is 4.72 Å². The van der Waals surface area contributed by atoms with Crippen LogP contribution < -0.4 is 14.2 Å². The van der Waals surface area contributed by atoms with E-state index in [9.17, 15) is 12.8 Å². The Morgan fingerprint density at radius 3 is 2.25 bits per heavy atom. The number of hydrogen-bond acceptors (Lipinski definition) is 4. The van der Waals surface area contributed by atoms with Gasteiger partial charge in [0.25, 0.3) is 0 Å². The molecule has 1 aromatic rings. The number of halogens is 1. The van der Waals surface area contributed by atoms with Crippen LogP contribution >= 0.6 is 0 Å². The number of methoxy groups -OCH3 is 2. The van der Waals surface area contributed by atoms with Crippen LogP contribution in [0.4, 0.5) is 4.39 Å². The molecule has 0 aliphatic heterocycles. The average Bonchev–Trinajstić information content (AvgIpc) is 2.90. The summed E-state index contributed by atoms with van der Waals surface area (Å²) in [4.78, 5) is -0.415. The minimum Gasteiger partial charge on any atom is -0.493 e. The summed E-state index contributed by atoms with van der Waals surface area (Å²) in [6, 6.07) is 2.04. The molecule has 0 unspecified atom stereocenters. The molecule has 1 fully saturated rings. The molecule has 0 atom stereocenters. The first-order valence-corrected chi connectivity index (χ1v) is 7.90. The van der Waals surface area contributed by atoms with Gasteiger partial charge in [0.2, 0.25) is 10.0 Å². The van der Waals surface area contributed by atoms with Crippen molar-refractivity contribution in [3.8, 4) is 11.5 Å². The lowest BCUT2D eigenvalue weighted by atomic mass is 10.3. The summed E-state index contributed by atoms with van der Waals surface area (Å²) < 4.78 is 50.9. The van der Waals surface area contributed by atoms with Crippen molar-refractivity contribution in [3.63, 3.8) is 0 Å². The van der Waals surface area contributed by atoms with Crippen LogP contribution in [-0.4, -0.2) is 28.7 Å². The van der Waals surface area contributed by atoms with Crippen molar-refractivity contribution in [2.24, 2.45) is 0 Å². The summed E-state index contributed by atoms with van der Waals surface area (Å²) in [5, 5.41) is 0. The topological polar surface area (TPSA) is 64.6 Å². The number of nitrogens with one attached hydrogen (secondary N) is 1. The molecule has 0 saturated heterocycles. The molecular weight excluding hydrogens is 285 g/mol. The number of rotatable bonds is 5.